The molecule has 0 saturated carbocycles. The number of amides is 1. The van der Waals surface area contributed by atoms with Gasteiger partial charge in [-0.2, -0.15) is 10.4 Å². The lowest BCUT2D eigenvalue weighted by atomic mass is 10.1. The summed E-state index contributed by atoms with van der Waals surface area (Å²) in [6, 6.07) is 15.1. The summed E-state index contributed by atoms with van der Waals surface area (Å²) >= 11 is 0. The van der Waals surface area contributed by atoms with Crippen LogP contribution in [0.3, 0.4) is 0 Å². The number of aromatic nitrogens is 2. The van der Waals surface area contributed by atoms with Gasteiger partial charge in [0.1, 0.15) is 0 Å². The molecule has 0 bridgehead atoms. The maximum Gasteiger partial charge on any atom is 0.360 e. The fourth-order valence-electron chi connectivity index (χ4n) is 3.37. The maximum atomic E-state index is 12.9. The van der Waals surface area contributed by atoms with Crippen molar-refractivity contribution in [2.75, 3.05) is 5.32 Å². The van der Waals surface area contributed by atoms with Gasteiger partial charge in [0.15, 0.2) is 11.8 Å². The highest BCUT2D eigenvalue weighted by atomic mass is 16.5. The molecule has 170 valence electrons. The summed E-state index contributed by atoms with van der Waals surface area (Å²) < 4.78 is 6.68. The summed E-state index contributed by atoms with van der Waals surface area (Å²) in [4.78, 5) is 38.2. The van der Waals surface area contributed by atoms with Crippen LogP contribution in [0.1, 0.15) is 55.6 Å². The first-order valence-corrected chi connectivity index (χ1v) is 11.0. The lowest BCUT2D eigenvalue weighted by Gasteiger charge is -2.15. The van der Waals surface area contributed by atoms with Crippen LogP contribution < -0.4 is 10.9 Å². The van der Waals surface area contributed by atoms with E-state index >= 15 is 0 Å². The van der Waals surface area contributed by atoms with Crippen molar-refractivity contribution in [1.29, 1.82) is 5.26 Å². The second-order valence-electron chi connectivity index (χ2n) is 7.71. The zero-order chi connectivity index (χ0) is 23.8. The molecule has 3 rings (SSSR count). The molecule has 3 aromatic rings. The van der Waals surface area contributed by atoms with Crippen molar-refractivity contribution < 1.29 is 14.3 Å². The van der Waals surface area contributed by atoms with Crippen LogP contribution >= 0.6 is 0 Å². The lowest BCUT2D eigenvalue weighted by molar-refractivity contribution is -0.123. The molecule has 1 amide bonds. The molecule has 1 unspecified atom stereocenters. The van der Waals surface area contributed by atoms with Crippen molar-refractivity contribution in [2.45, 2.75) is 52.2 Å². The number of nitriles is 1. The van der Waals surface area contributed by atoms with Crippen molar-refractivity contribution in [3.8, 4) is 6.07 Å². The number of anilines is 1. The largest absolute Gasteiger partial charge is 0.448 e. The third-order valence-corrected chi connectivity index (χ3v) is 5.22. The Bertz CT molecular complexity index is 1240. The summed E-state index contributed by atoms with van der Waals surface area (Å²) in [5, 5.41) is 16.6. The van der Waals surface area contributed by atoms with Gasteiger partial charge < -0.3 is 10.1 Å². The highest BCUT2D eigenvalue weighted by molar-refractivity contribution is 6.03. The summed E-state index contributed by atoms with van der Waals surface area (Å²) in [5.41, 5.74) is 0.685. The van der Waals surface area contributed by atoms with Crippen LogP contribution in [-0.2, 0) is 16.1 Å². The second-order valence-corrected chi connectivity index (χ2v) is 7.71. The van der Waals surface area contributed by atoms with Crippen molar-refractivity contribution in [3.63, 3.8) is 0 Å². The van der Waals surface area contributed by atoms with Crippen LogP contribution in [0.4, 0.5) is 5.69 Å². The molecular formula is C25H26N4O4. The second kappa shape index (κ2) is 11.0. The van der Waals surface area contributed by atoms with E-state index in [0.29, 0.717) is 28.6 Å². The first-order chi connectivity index (χ1) is 15.9. The van der Waals surface area contributed by atoms with Gasteiger partial charge in [-0.1, -0.05) is 44.4 Å². The molecule has 8 heteroatoms. The average Bonchev–Trinajstić information content (AvgIpc) is 2.83. The number of aryl methyl sites for hydroxylation is 1. The standard InChI is InChI=1S/C25H26N4O4/c1-3-4-5-8-15-29-24(31)21-10-7-6-9-20(21)22(28-29)25(32)33-17(2)23(30)27-19-13-11-18(16-26)12-14-19/h6-7,9-14,17H,3-5,8,15H2,1-2H3,(H,27,30). The minimum absolute atomic E-state index is 0.00119. The topological polar surface area (TPSA) is 114 Å². The summed E-state index contributed by atoms with van der Waals surface area (Å²) in [6.07, 6.45) is 2.77. The van der Waals surface area contributed by atoms with Gasteiger partial charge in [-0.25, -0.2) is 9.48 Å². The van der Waals surface area contributed by atoms with Gasteiger partial charge in [0, 0.05) is 17.6 Å². The van der Waals surface area contributed by atoms with Crippen molar-refractivity contribution >= 4 is 28.3 Å². The molecule has 33 heavy (non-hydrogen) atoms. The number of ether oxygens (including phenoxy) is 1. The average molecular weight is 447 g/mol. The van der Waals surface area contributed by atoms with Crippen LogP contribution in [0, 0.1) is 11.3 Å². The summed E-state index contributed by atoms with van der Waals surface area (Å²) in [6.45, 7) is 3.96. The van der Waals surface area contributed by atoms with E-state index in [9.17, 15) is 14.4 Å². The van der Waals surface area contributed by atoms with Crippen LogP contribution in [0.2, 0.25) is 0 Å². The predicted octanol–water partition coefficient (Wildman–Crippen LogP) is 4.03. The number of hydrogen-bond acceptors (Lipinski definition) is 6. The number of hydrogen-bond donors (Lipinski definition) is 1. The molecule has 0 spiro atoms. The number of benzene rings is 2. The third-order valence-electron chi connectivity index (χ3n) is 5.22. The van der Waals surface area contributed by atoms with Crippen LogP contribution in [0.5, 0.6) is 0 Å². The Morgan fingerprint density at radius 3 is 2.45 bits per heavy atom. The maximum absolute atomic E-state index is 12.9. The van der Waals surface area contributed by atoms with E-state index in [2.05, 4.69) is 17.3 Å². The van der Waals surface area contributed by atoms with Crippen LogP contribution in [0.15, 0.2) is 53.3 Å². The first kappa shape index (κ1) is 23.7. The van der Waals surface area contributed by atoms with E-state index < -0.39 is 18.0 Å². The Hall–Kier alpha value is -3.99. The predicted molar refractivity (Wildman–Crippen MR) is 125 cm³/mol. The Balaban J connectivity index is 1.78. The smallest absolute Gasteiger partial charge is 0.360 e. The lowest BCUT2D eigenvalue weighted by Crippen LogP contribution is -2.32. The molecule has 1 aromatic heterocycles. The van der Waals surface area contributed by atoms with E-state index in [1.54, 1.807) is 48.5 Å². The molecule has 1 atom stereocenters. The number of carbonyl (C=O) groups excluding carboxylic acids is 2. The van der Waals surface area contributed by atoms with E-state index in [0.717, 1.165) is 25.7 Å². The van der Waals surface area contributed by atoms with Crippen LogP contribution in [0.25, 0.3) is 10.8 Å². The molecule has 8 nitrogen and oxygen atoms in total. The van der Waals surface area contributed by atoms with Crippen molar-refractivity contribution in [3.05, 3.63) is 70.1 Å². The van der Waals surface area contributed by atoms with Gasteiger partial charge in [-0.05, 0) is 43.7 Å². The number of rotatable bonds is 9. The molecule has 1 N–H and O–H groups in total. The van der Waals surface area contributed by atoms with E-state index in [-0.39, 0.29) is 11.3 Å². The van der Waals surface area contributed by atoms with Crippen LogP contribution in [-0.4, -0.2) is 27.8 Å². The number of nitrogens with zero attached hydrogens (tertiary/aromatic N) is 3. The van der Waals surface area contributed by atoms with E-state index in [4.69, 9.17) is 10.00 Å². The van der Waals surface area contributed by atoms with Gasteiger partial charge >= 0.3 is 5.97 Å². The Kier molecular flexibility index (Phi) is 7.92. The third kappa shape index (κ3) is 5.83. The fourth-order valence-corrected chi connectivity index (χ4v) is 3.37. The highest BCUT2D eigenvalue weighted by Crippen LogP contribution is 2.16. The minimum atomic E-state index is -1.10. The van der Waals surface area contributed by atoms with E-state index in [1.807, 2.05) is 6.07 Å². The zero-order valence-corrected chi connectivity index (χ0v) is 18.7. The molecule has 0 aliphatic carbocycles. The van der Waals surface area contributed by atoms with Gasteiger partial charge in [0.2, 0.25) is 0 Å². The molecule has 1 heterocycles. The molecule has 0 fully saturated rings. The number of unbranched alkanes of at least 4 members (excludes halogenated alkanes) is 3. The molecule has 2 aromatic carbocycles. The first-order valence-electron chi connectivity index (χ1n) is 11.0. The van der Waals surface area contributed by atoms with Gasteiger partial charge in [-0.15, -0.1) is 0 Å². The Morgan fingerprint density at radius 1 is 1.09 bits per heavy atom. The van der Waals surface area contributed by atoms with Gasteiger partial charge in [0.25, 0.3) is 11.5 Å². The summed E-state index contributed by atoms with van der Waals surface area (Å²) in [5.74, 6) is -1.30. The molecular weight excluding hydrogens is 420 g/mol. The quantitative estimate of drug-likeness (QED) is 0.392. The highest BCUT2D eigenvalue weighted by Gasteiger charge is 2.23. The number of esters is 1. The van der Waals surface area contributed by atoms with E-state index in [1.165, 1.54) is 11.6 Å². The van der Waals surface area contributed by atoms with Gasteiger partial charge in [-0.3, -0.25) is 9.59 Å². The number of fused-ring (bicyclic) bond motifs is 1. The molecule has 0 radical (unpaired) electrons. The molecule has 0 aliphatic rings. The SMILES string of the molecule is CCCCCCn1nc(C(=O)OC(C)C(=O)Nc2ccc(C#N)cc2)c2ccccc2c1=O. The zero-order valence-electron chi connectivity index (χ0n) is 18.7. The van der Waals surface area contributed by atoms with Crippen molar-refractivity contribution in [1.82, 2.24) is 9.78 Å². The Labute approximate surface area is 191 Å². The minimum Gasteiger partial charge on any atom is -0.448 e. The number of carbonyl (C=O) groups is 2. The monoisotopic (exact) mass is 446 g/mol. The molecule has 0 saturated heterocycles. The number of nitrogens with one attached hydrogen (secondary N) is 1. The normalized spacial score (nSPS) is 11.5. The molecule has 0 aliphatic heterocycles. The summed E-state index contributed by atoms with van der Waals surface area (Å²) in [7, 11) is 0. The fraction of sp³-hybridized carbons (Fsp3) is 0.320. The Morgan fingerprint density at radius 2 is 1.79 bits per heavy atom. The van der Waals surface area contributed by atoms with Crippen molar-refractivity contribution in [2.24, 2.45) is 0 Å². The van der Waals surface area contributed by atoms with Gasteiger partial charge in [0.05, 0.1) is 17.0 Å².